The van der Waals surface area contributed by atoms with Crippen molar-refractivity contribution in [2.45, 2.75) is 44.5 Å². The van der Waals surface area contributed by atoms with E-state index in [0.29, 0.717) is 19.3 Å². The van der Waals surface area contributed by atoms with Gasteiger partial charge in [-0.05, 0) is 19.3 Å². The maximum atomic E-state index is 11.8. The van der Waals surface area contributed by atoms with Crippen LogP contribution in [0.4, 0.5) is 0 Å². The first-order valence-electron chi connectivity index (χ1n) is 7.11. The monoisotopic (exact) mass is 280 g/mol. The van der Waals surface area contributed by atoms with Crippen LogP contribution in [0.1, 0.15) is 26.2 Å². The van der Waals surface area contributed by atoms with Crippen LogP contribution in [0, 0.1) is 23.2 Å². The largest absolute Gasteiger partial charge is 0.458 e. The lowest BCUT2D eigenvalue weighted by Crippen LogP contribution is -2.59. The van der Waals surface area contributed by atoms with E-state index in [4.69, 9.17) is 4.74 Å². The average molecular weight is 280 g/mol. The van der Waals surface area contributed by atoms with E-state index in [2.05, 4.69) is 6.58 Å². The fraction of sp³-hybridized carbons (Fsp3) is 0.733. The van der Waals surface area contributed by atoms with Gasteiger partial charge >= 0.3 is 5.97 Å². The first kappa shape index (κ1) is 13.8. The van der Waals surface area contributed by atoms with Crippen LogP contribution in [0.3, 0.4) is 0 Å². The lowest BCUT2D eigenvalue weighted by molar-refractivity contribution is -0.185. The predicted octanol–water partition coefficient (Wildman–Crippen LogP) is 0.441. The Hall–Kier alpha value is -1.20. The van der Waals surface area contributed by atoms with E-state index >= 15 is 0 Å². The summed E-state index contributed by atoms with van der Waals surface area (Å²) in [5.41, 5.74) is -0.316. The van der Waals surface area contributed by atoms with Crippen molar-refractivity contribution in [1.82, 2.24) is 0 Å². The van der Waals surface area contributed by atoms with Crippen LogP contribution in [-0.2, 0) is 14.3 Å². The summed E-state index contributed by atoms with van der Waals surface area (Å²) >= 11 is 0. The van der Waals surface area contributed by atoms with Crippen LogP contribution in [-0.4, -0.2) is 40.8 Å². The van der Waals surface area contributed by atoms with Gasteiger partial charge in [0, 0.05) is 22.8 Å². The van der Waals surface area contributed by atoms with E-state index in [0.717, 1.165) is 6.29 Å². The van der Waals surface area contributed by atoms with Crippen molar-refractivity contribution >= 4 is 12.3 Å². The molecule has 1 heterocycles. The second kappa shape index (κ2) is 4.40. The van der Waals surface area contributed by atoms with Gasteiger partial charge < -0.3 is 19.7 Å². The van der Waals surface area contributed by atoms with Crippen LogP contribution in [0.15, 0.2) is 12.2 Å². The molecule has 110 valence electrons. The van der Waals surface area contributed by atoms with Gasteiger partial charge in [0.05, 0.1) is 18.1 Å². The lowest BCUT2D eigenvalue weighted by atomic mass is 9.52. The van der Waals surface area contributed by atoms with E-state index in [1.54, 1.807) is 0 Å². The van der Waals surface area contributed by atoms with Crippen LogP contribution in [0.2, 0.25) is 0 Å². The number of carbonyl (C=O) groups is 2. The Morgan fingerprint density at radius 2 is 2.10 bits per heavy atom. The molecule has 2 aliphatic carbocycles. The molecule has 1 aliphatic heterocycles. The van der Waals surface area contributed by atoms with Crippen LogP contribution < -0.4 is 0 Å². The summed E-state index contributed by atoms with van der Waals surface area (Å²) in [4.78, 5) is 23.1. The zero-order chi connectivity index (χ0) is 14.7. The van der Waals surface area contributed by atoms with Gasteiger partial charge in [-0.1, -0.05) is 13.5 Å². The summed E-state index contributed by atoms with van der Waals surface area (Å²) in [6, 6.07) is 0. The third kappa shape index (κ3) is 1.63. The molecule has 0 spiro atoms. The van der Waals surface area contributed by atoms with Crippen molar-refractivity contribution in [2.75, 3.05) is 0 Å². The molecule has 0 bridgehead atoms. The molecule has 20 heavy (non-hydrogen) atoms. The van der Waals surface area contributed by atoms with Gasteiger partial charge in [-0.2, -0.15) is 0 Å². The molecule has 3 aliphatic rings. The minimum absolute atomic E-state index is 0.248. The summed E-state index contributed by atoms with van der Waals surface area (Å²) < 4.78 is 5.39. The van der Waals surface area contributed by atoms with Gasteiger partial charge in [0.2, 0.25) is 0 Å². The fourth-order valence-electron chi connectivity index (χ4n) is 4.55. The zero-order valence-corrected chi connectivity index (χ0v) is 11.5. The molecule has 0 unspecified atom stereocenters. The number of hydrogen-bond donors (Lipinski definition) is 2. The van der Waals surface area contributed by atoms with E-state index in [9.17, 15) is 19.8 Å². The highest BCUT2D eigenvalue weighted by molar-refractivity contribution is 5.91. The minimum atomic E-state index is -0.764. The van der Waals surface area contributed by atoms with Gasteiger partial charge in [-0.3, -0.25) is 0 Å². The SMILES string of the molecule is C=C1C(=O)O[C@@H]2[C@@H]1[C@H](O)C[C@@]1(C)[C@H]2[C@@H](C=O)CC[C@H]1O. The number of ether oxygens (including phenoxy) is 1. The molecular weight excluding hydrogens is 260 g/mol. The van der Waals surface area contributed by atoms with Gasteiger partial charge in [-0.15, -0.1) is 0 Å². The fourth-order valence-corrected chi connectivity index (χ4v) is 4.55. The van der Waals surface area contributed by atoms with Crippen LogP contribution in [0.5, 0.6) is 0 Å². The summed E-state index contributed by atoms with van der Waals surface area (Å²) in [5, 5.41) is 20.7. The van der Waals surface area contributed by atoms with Crippen molar-refractivity contribution in [3.05, 3.63) is 12.2 Å². The highest BCUT2D eigenvalue weighted by Crippen LogP contribution is 2.57. The van der Waals surface area contributed by atoms with Gasteiger partial charge in [0.25, 0.3) is 0 Å². The Morgan fingerprint density at radius 1 is 1.40 bits per heavy atom. The standard InChI is InChI=1S/C15H20O5/c1-7-11-9(17)5-15(2)10(18)4-3-8(6-16)12(15)13(11)20-14(7)19/h6,8-13,17-18H,1,3-5H2,2H3/t8-,9-,10-,11+,12+,13-,15-/m1/s1. The Balaban J connectivity index is 2.05. The number of aliphatic hydroxyl groups is 2. The van der Waals surface area contributed by atoms with Crippen molar-refractivity contribution in [2.24, 2.45) is 23.2 Å². The molecule has 0 aromatic heterocycles. The van der Waals surface area contributed by atoms with Crippen molar-refractivity contribution < 1.29 is 24.5 Å². The number of aldehydes is 1. The maximum absolute atomic E-state index is 11.8. The van der Waals surface area contributed by atoms with Crippen LogP contribution in [0.25, 0.3) is 0 Å². The Kier molecular flexibility index (Phi) is 3.03. The van der Waals surface area contributed by atoms with Gasteiger partial charge in [-0.25, -0.2) is 4.79 Å². The number of rotatable bonds is 1. The molecule has 0 radical (unpaired) electrons. The molecule has 7 atom stereocenters. The summed E-state index contributed by atoms with van der Waals surface area (Å²) in [5.74, 6) is -1.44. The molecule has 3 rings (SSSR count). The average Bonchev–Trinajstić information content (AvgIpc) is 2.68. The summed E-state index contributed by atoms with van der Waals surface area (Å²) in [6.07, 6.45) is 0.489. The van der Waals surface area contributed by atoms with Crippen molar-refractivity contribution in [3.8, 4) is 0 Å². The lowest BCUT2D eigenvalue weighted by Gasteiger charge is -2.55. The first-order chi connectivity index (χ1) is 9.40. The van der Waals surface area contributed by atoms with Gasteiger partial charge in [0.1, 0.15) is 12.4 Å². The molecule has 1 saturated heterocycles. The van der Waals surface area contributed by atoms with E-state index in [-0.39, 0.29) is 17.4 Å². The number of fused-ring (bicyclic) bond motifs is 3. The number of carbonyl (C=O) groups excluding carboxylic acids is 2. The first-order valence-corrected chi connectivity index (χ1v) is 7.11. The maximum Gasteiger partial charge on any atom is 0.334 e. The molecule has 2 saturated carbocycles. The summed E-state index contributed by atoms with van der Waals surface area (Å²) in [7, 11) is 0. The predicted molar refractivity (Wildman–Crippen MR) is 69.5 cm³/mol. The van der Waals surface area contributed by atoms with Gasteiger partial charge in [0.15, 0.2) is 0 Å². The third-order valence-corrected chi connectivity index (χ3v) is 5.61. The molecule has 5 nitrogen and oxygen atoms in total. The van der Waals surface area contributed by atoms with Crippen molar-refractivity contribution in [1.29, 1.82) is 0 Å². The quantitative estimate of drug-likeness (QED) is 0.414. The van der Waals surface area contributed by atoms with E-state index in [1.807, 2.05) is 6.92 Å². The van der Waals surface area contributed by atoms with E-state index in [1.165, 1.54) is 0 Å². The number of aliphatic hydroxyl groups excluding tert-OH is 2. The number of hydrogen-bond acceptors (Lipinski definition) is 5. The third-order valence-electron chi connectivity index (χ3n) is 5.61. The topological polar surface area (TPSA) is 83.8 Å². The molecule has 0 amide bonds. The number of esters is 1. The second-order valence-corrected chi connectivity index (χ2v) is 6.62. The molecule has 0 aromatic rings. The highest BCUT2D eigenvalue weighted by Gasteiger charge is 2.62. The van der Waals surface area contributed by atoms with Crippen molar-refractivity contribution in [3.63, 3.8) is 0 Å². The minimum Gasteiger partial charge on any atom is -0.458 e. The normalized spacial score (nSPS) is 51.1. The van der Waals surface area contributed by atoms with Crippen LogP contribution >= 0.6 is 0 Å². The highest BCUT2D eigenvalue weighted by atomic mass is 16.6. The van der Waals surface area contributed by atoms with E-state index < -0.39 is 35.6 Å². The molecule has 5 heteroatoms. The zero-order valence-electron chi connectivity index (χ0n) is 11.5. The smallest absolute Gasteiger partial charge is 0.334 e. The molecule has 2 N–H and O–H groups in total. The Bertz CT molecular complexity index is 473. The summed E-state index contributed by atoms with van der Waals surface area (Å²) in [6.45, 7) is 5.60. The molecule has 0 aromatic carbocycles. The molecular formula is C15H20O5. The molecule has 3 fully saturated rings. The Labute approximate surface area is 117 Å². The second-order valence-electron chi connectivity index (χ2n) is 6.62. The Morgan fingerprint density at radius 3 is 2.75 bits per heavy atom.